The third-order valence-corrected chi connectivity index (χ3v) is 6.27. The fraction of sp³-hybridized carbons (Fsp3) is 0.400. The summed E-state index contributed by atoms with van der Waals surface area (Å²) in [5.41, 5.74) is 5.75. The summed E-state index contributed by atoms with van der Waals surface area (Å²) in [6.07, 6.45) is 0. The summed E-state index contributed by atoms with van der Waals surface area (Å²) in [6, 6.07) is 0. The smallest absolute Gasteiger partial charge is 0.0298 e. The molecule has 0 aliphatic rings. The lowest BCUT2D eigenvalue weighted by molar-refractivity contribution is 1.18. The molecule has 0 saturated heterocycles. The van der Waals surface area contributed by atoms with Gasteiger partial charge in [0.25, 0.3) is 0 Å². The first-order valence-corrected chi connectivity index (χ1v) is 6.04. The molecule has 0 nitrogen and oxygen atoms in total. The minimum Gasteiger partial charge on any atom is -0.0439 e. The third kappa shape index (κ3) is 1.64. The molecule has 0 heterocycles. The second kappa shape index (κ2) is 3.82. The summed E-state index contributed by atoms with van der Waals surface area (Å²) >= 11 is 4.86. The monoisotopic (exact) mass is 386 g/mol. The van der Waals surface area contributed by atoms with Crippen molar-refractivity contribution in [2.75, 3.05) is 0 Å². The maximum Gasteiger partial charge on any atom is 0.0298 e. The Morgan fingerprint density at radius 2 is 0.833 bits per heavy atom. The number of halogens is 2. The van der Waals surface area contributed by atoms with E-state index in [9.17, 15) is 0 Å². The van der Waals surface area contributed by atoms with Gasteiger partial charge in [0.1, 0.15) is 0 Å². The number of hydrogen-bond acceptors (Lipinski definition) is 0. The fourth-order valence-corrected chi connectivity index (χ4v) is 2.84. The Kier molecular flexibility index (Phi) is 3.42. The molecule has 0 N–H and O–H groups in total. The molecule has 0 unspecified atom stereocenters. The molecule has 0 aromatic heterocycles. The van der Waals surface area contributed by atoms with Gasteiger partial charge in [-0.25, -0.2) is 0 Å². The summed E-state index contributed by atoms with van der Waals surface area (Å²) in [6.45, 7) is 8.81. The van der Waals surface area contributed by atoms with E-state index in [0.29, 0.717) is 0 Å². The molecule has 1 aromatic carbocycles. The molecule has 0 bridgehead atoms. The predicted octanol–water partition coefficient (Wildman–Crippen LogP) is 4.13. The van der Waals surface area contributed by atoms with Gasteiger partial charge in [0.2, 0.25) is 0 Å². The summed E-state index contributed by atoms with van der Waals surface area (Å²) in [7, 11) is 0. The lowest BCUT2D eigenvalue weighted by atomic mass is 10.00. The van der Waals surface area contributed by atoms with Crippen molar-refractivity contribution in [2.24, 2.45) is 0 Å². The molecule has 2 heteroatoms. The standard InChI is InChI=1S/C10H12I2/c1-5-6(2)8(4)10(12)9(11)7(5)3/h1-4H3. The highest BCUT2D eigenvalue weighted by Gasteiger charge is 2.10. The van der Waals surface area contributed by atoms with Crippen LogP contribution in [0.5, 0.6) is 0 Å². The molecule has 12 heavy (non-hydrogen) atoms. The van der Waals surface area contributed by atoms with Crippen molar-refractivity contribution in [3.8, 4) is 0 Å². The first kappa shape index (κ1) is 10.8. The molecule has 0 atom stereocenters. The summed E-state index contributed by atoms with van der Waals surface area (Å²) in [5.74, 6) is 0. The average molecular weight is 386 g/mol. The molecule has 0 aliphatic carbocycles. The van der Waals surface area contributed by atoms with Gasteiger partial charge in [0, 0.05) is 7.14 Å². The molecule has 0 aliphatic heterocycles. The Morgan fingerprint density at radius 3 is 1.08 bits per heavy atom. The summed E-state index contributed by atoms with van der Waals surface area (Å²) < 4.78 is 2.82. The van der Waals surface area contributed by atoms with Crippen LogP contribution in [0.15, 0.2) is 0 Å². The van der Waals surface area contributed by atoms with Gasteiger partial charge in [0.05, 0.1) is 0 Å². The lowest BCUT2D eigenvalue weighted by Gasteiger charge is -2.13. The number of benzene rings is 1. The van der Waals surface area contributed by atoms with Crippen LogP contribution in [-0.4, -0.2) is 0 Å². The van der Waals surface area contributed by atoms with Gasteiger partial charge in [-0.2, -0.15) is 0 Å². The van der Waals surface area contributed by atoms with E-state index in [-0.39, 0.29) is 0 Å². The van der Waals surface area contributed by atoms with Gasteiger partial charge in [-0.15, -0.1) is 0 Å². The van der Waals surface area contributed by atoms with Crippen molar-refractivity contribution in [3.63, 3.8) is 0 Å². The highest BCUT2D eigenvalue weighted by atomic mass is 127. The zero-order chi connectivity index (χ0) is 9.46. The first-order chi connectivity index (χ1) is 5.46. The van der Waals surface area contributed by atoms with Crippen molar-refractivity contribution in [2.45, 2.75) is 27.7 Å². The van der Waals surface area contributed by atoms with E-state index in [1.54, 1.807) is 0 Å². The van der Waals surface area contributed by atoms with Gasteiger partial charge in [0.15, 0.2) is 0 Å². The topological polar surface area (TPSA) is 0 Å². The zero-order valence-electron chi connectivity index (χ0n) is 7.76. The van der Waals surface area contributed by atoms with Gasteiger partial charge in [-0.05, 0) is 95.1 Å². The van der Waals surface area contributed by atoms with Crippen molar-refractivity contribution in [3.05, 3.63) is 29.4 Å². The Hall–Kier alpha value is 0.680. The van der Waals surface area contributed by atoms with Gasteiger partial charge < -0.3 is 0 Å². The van der Waals surface area contributed by atoms with Gasteiger partial charge >= 0.3 is 0 Å². The highest BCUT2D eigenvalue weighted by molar-refractivity contribution is 14.1. The quantitative estimate of drug-likeness (QED) is 0.589. The van der Waals surface area contributed by atoms with Gasteiger partial charge in [-0.1, -0.05) is 0 Å². The fourth-order valence-electron chi connectivity index (χ4n) is 1.22. The lowest BCUT2D eigenvalue weighted by Crippen LogP contribution is -1.98. The van der Waals surface area contributed by atoms with E-state index in [1.165, 1.54) is 29.4 Å². The second-order valence-electron chi connectivity index (χ2n) is 3.13. The normalized spacial score (nSPS) is 10.5. The van der Waals surface area contributed by atoms with Crippen LogP contribution in [-0.2, 0) is 0 Å². The minimum atomic E-state index is 1.41. The van der Waals surface area contributed by atoms with Crippen molar-refractivity contribution < 1.29 is 0 Å². The Morgan fingerprint density at radius 1 is 0.583 bits per heavy atom. The van der Waals surface area contributed by atoms with Crippen LogP contribution in [0.2, 0.25) is 0 Å². The van der Waals surface area contributed by atoms with E-state index in [2.05, 4.69) is 72.9 Å². The van der Waals surface area contributed by atoms with Crippen LogP contribution >= 0.6 is 45.2 Å². The van der Waals surface area contributed by atoms with Crippen LogP contribution in [0.3, 0.4) is 0 Å². The number of hydrogen-bond donors (Lipinski definition) is 0. The van der Waals surface area contributed by atoms with Crippen LogP contribution in [0, 0.1) is 34.8 Å². The molecular weight excluding hydrogens is 374 g/mol. The largest absolute Gasteiger partial charge is 0.0439 e. The van der Waals surface area contributed by atoms with Crippen LogP contribution < -0.4 is 0 Å². The molecular formula is C10H12I2. The molecule has 0 spiro atoms. The Labute approximate surface area is 101 Å². The van der Waals surface area contributed by atoms with E-state index < -0.39 is 0 Å². The number of rotatable bonds is 0. The average Bonchev–Trinajstić information content (AvgIpc) is 2.08. The van der Waals surface area contributed by atoms with Crippen molar-refractivity contribution in [1.82, 2.24) is 0 Å². The van der Waals surface area contributed by atoms with E-state index >= 15 is 0 Å². The summed E-state index contributed by atoms with van der Waals surface area (Å²) in [4.78, 5) is 0. The predicted molar refractivity (Wildman–Crippen MR) is 70.8 cm³/mol. The molecule has 1 aromatic rings. The van der Waals surface area contributed by atoms with E-state index in [0.717, 1.165) is 0 Å². The van der Waals surface area contributed by atoms with E-state index in [1.807, 2.05) is 0 Å². The zero-order valence-corrected chi connectivity index (χ0v) is 12.1. The van der Waals surface area contributed by atoms with Crippen LogP contribution in [0.4, 0.5) is 0 Å². The van der Waals surface area contributed by atoms with Crippen molar-refractivity contribution in [1.29, 1.82) is 0 Å². The first-order valence-electron chi connectivity index (χ1n) is 3.88. The molecule has 1 rings (SSSR count). The minimum absolute atomic E-state index is 1.41. The molecule has 0 fully saturated rings. The maximum absolute atomic E-state index is 2.43. The SMILES string of the molecule is Cc1c(C)c(C)c(I)c(I)c1C. The Bertz CT molecular complexity index is 222. The summed E-state index contributed by atoms with van der Waals surface area (Å²) in [5, 5.41) is 0. The van der Waals surface area contributed by atoms with Crippen LogP contribution in [0.25, 0.3) is 0 Å². The second-order valence-corrected chi connectivity index (χ2v) is 5.29. The van der Waals surface area contributed by atoms with Crippen LogP contribution in [0.1, 0.15) is 22.3 Å². The van der Waals surface area contributed by atoms with Gasteiger partial charge in [-0.3, -0.25) is 0 Å². The maximum atomic E-state index is 2.43. The molecule has 0 saturated carbocycles. The third-order valence-electron chi connectivity index (χ3n) is 2.54. The Balaban J connectivity index is 3.60. The molecule has 0 amide bonds. The van der Waals surface area contributed by atoms with Crippen molar-refractivity contribution >= 4 is 45.2 Å². The molecule has 66 valence electrons. The molecule has 0 radical (unpaired) electrons. The highest BCUT2D eigenvalue weighted by Crippen LogP contribution is 2.28. The van der Waals surface area contributed by atoms with E-state index in [4.69, 9.17) is 0 Å².